The smallest absolute Gasteiger partial charge is 0.227 e. The first-order valence-electron chi connectivity index (χ1n) is 10.8. The molecule has 2 aliphatic heterocycles. The van der Waals surface area contributed by atoms with Gasteiger partial charge in [-0.1, -0.05) is 0 Å². The predicted molar refractivity (Wildman–Crippen MR) is 109 cm³/mol. The summed E-state index contributed by atoms with van der Waals surface area (Å²) in [6, 6.07) is 2.05. The number of anilines is 2. The van der Waals surface area contributed by atoms with Crippen LogP contribution in [0.1, 0.15) is 50.6 Å². The third kappa shape index (κ3) is 4.28. The van der Waals surface area contributed by atoms with Gasteiger partial charge < -0.3 is 14.7 Å². The SMILES string of the molecule is Cc1cc(N2CCN(C(=O)C3CCC(=O)CC3)CC2)nc(N2CCCCC2)n1. The van der Waals surface area contributed by atoms with Crippen molar-refractivity contribution in [1.29, 1.82) is 0 Å². The molecular weight excluding hydrogens is 354 g/mol. The molecule has 1 aromatic heterocycles. The minimum Gasteiger partial charge on any atom is -0.353 e. The van der Waals surface area contributed by atoms with Crippen molar-refractivity contribution >= 4 is 23.5 Å². The molecule has 3 heterocycles. The molecule has 7 nitrogen and oxygen atoms in total. The van der Waals surface area contributed by atoms with Crippen LogP contribution in [0.5, 0.6) is 0 Å². The van der Waals surface area contributed by atoms with Crippen LogP contribution in [0, 0.1) is 12.8 Å². The molecule has 3 aliphatic rings. The van der Waals surface area contributed by atoms with Crippen LogP contribution in [-0.4, -0.2) is 65.8 Å². The summed E-state index contributed by atoms with van der Waals surface area (Å²) in [5.74, 6) is 2.40. The largest absolute Gasteiger partial charge is 0.353 e. The van der Waals surface area contributed by atoms with Crippen molar-refractivity contribution in [3.8, 4) is 0 Å². The minimum atomic E-state index is 0.0382. The molecule has 152 valence electrons. The molecule has 0 aromatic carbocycles. The molecule has 1 saturated carbocycles. The van der Waals surface area contributed by atoms with E-state index in [4.69, 9.17) is 4.98 Å². The molecule has 0 N–H and O–H groups in total. The van der Waals surface area contributed by atoms with Crippen molar-refractivity contribution in [2.24, 2.45) is 5.92 Å². The summed E-state index contributed by atoms with van der Waals surface area (Å²) in [5, 5.41) is 0. The highest BCUT2D eigenvalue weighted by Crippen LogP contribution is 2.25. The van der Waals surface area contributed by atoms with Gasteiger partial charge in [0.25, 0.3) is 0 Å². The first-order chi connectivity index (χ1) is 13.6. The Morgan fingerprint density at radius 3 is 2.29 bits per heavy atom. The second-order valence-corrected chi connectivity index (χ2v) is 8.34. The molecule has 7 heteroatoms. The second kappa shape index (κ2) is 8.45. The number of piperazine rings is 1. The number of hydrogen-bond acceptors (Lipinski definition) is 6. The van der Waals surface area contributed by atoms with Crippen LogP contribution >= 0.6 is 0 Å². The van der Waals surface area contributed by atoms with Crippen LogP contribution in [0.3, 0.4) is 0 Å². The van der Waals surface area contributed by atoms with E-state index in [0.29, 0.717) is 18.6 Å². The third-order valence-corrected chi connectivity index (χ3v) is 6.28. The van der Waals surface area contributed by atoms with E-state index in [9.17, 15) is 9.59 Å². The van der Waals surface area contributed by atoms with E-state index in [1.54, 1.807) is 0 Å². The van der Waals surface area contributed by atoms with Crippen molar-refractivity contribution in [1.82, 2.24) is 14.9 Å². The number of Topliss-reactive ketones (excluding diaryl/α,β-unsaturated/α-hetero) is 1. The molecule has 1 aromatic rings. The predicted octanol–water partition coefficient (Wildman–Crippen LogP) is 2.18. The summed E-state index contributed by atoms with van der Waals surface area (Å²) in [4.78, 5) is 40.3. The lowest BCUT2D eigenvalue weighted by Gasteiger charge is -2.38. The van der Waals surface area contributed by atoms with Gasteiger partial charge in [-0.2, -0.15) is 4.98 Å². The lowest BCUT2D eigenvalue weighted by atomic mass is 9.87. The average Bonchev–Trinajstić information content (AvgIpc) is 2.74. The van der Waals surface area contributed by atoms with Gasteiger partial charge in [0.15, 0.2) is 0 Å². The number of nitrogens with zero attached hydrogens (tertiary/aromatic N) is 5. The molecule has 1 amide bonds. The maximum Gasteiger partial charge on any atom is 0.227 e. The van der Waals surface area contributed by atoms with Gasteiger partial charge in [0, 0.05) is 69.8 Å². The van der Waals surface area contributed by atoms with E-state index in [-0.39, 0.29) is 11.8 Å². The van der Waals surface area contributed by atoms with Gasteiger partial charge in [0.2, 0.25) is 11.9 Å². The standard InChI is InChI=1S/C21H31N5O2/c1-16-15-19(23-21(22-16)26-9-3-2-4-10-26)24-11-13-25(14-12-24)20(28)17-5-7-18(27)8-6-17/h15,17H,2-14H2,1H3. The lowest BCUT2D eigenvalue weighted by molar-refractivity contribution is -0.137. The fourth-order valence-corrected chi connectivity index (χ4v) is 4.53. The Morgan fingerprint density at radius 1 is 0.929 bits per heavy atom. The maximum absolute atomic E-state index is 12.8. The zero-order valence-corrected chi connectivity index (χ0v) is 16.9. The molecule has 0 atom stereocenters. The summed E-state index contributed by atoms with van der Waals surface area (Å²) >= 11 is 0. The van der Waals surface area contributed by atoms with Gasteiger partial charge >= 0.3 is 0 Å². The maximum atomic E-state index is 12.8. The number of hydrogen-bond donors (Lipinski definition) is 0. The van der Waals surface area contributed by atoms with Crippen LogP contribution in [0.4, 0.5) is 11.8 Å². The molecule has 4 rings (SSSR count). The highest BCUT2D eigenvalue weighted by molar-refractivity contribution is 5.84. The van der Waals surface area contributed by atoms with E-state index < -0.39 is 0 Å². The van der Waals surface area contributed by atoms with Crippen LogP contribution < -0.4 is 9.80 Å². The van der Waals surface area contributed by atoms with Gasteiger partial charge in [-0.3, -0.25) is 9.59 Å². The van der Waals surface area contributed by atoms with Crippen LogP contribution in [0.25, 0.3) is 0 Å². The molecule has 0 radical (unpaired) electrons. The molecule has 0 bridgehead atoms. The third-order valence-electron chi connectivity index (χ3n) is 6.28. The monoisotopic (exact) mass is 385 g/mol. The highest BCUT2D eigenvalue weighted by atomic mass is 16.2. The molecule has 2 saturated heterocycles. The second-order valence-electron chi connectivity index (χ2n) is 8.34. The van der Waals surface area contributed by atoms with Crippen LogP contribution in [-0.2, 0) is 9.59 Å². The number of amides is 1. The van der Waals surface area contributed by atoms with E-state index in [2.05, 4.69) is 20.9 Å². The number of aromatic nitrogens is 2. The van der Waals surface area contributed by atoms with Gasteiger partial charge in [-0.15, -0.1) is 0 Å². The Balaban J connectivity index is 1.37. The Hall–Kier alpha value is -2.18. The summed E-state index contributed by atoms with van der Waals surface area (Å²) in [7, 11) is 0. The molecule has 0 unspecified atom stereocenters. The number of piperidine rings is 1. The lowest BCUT2D eigenvalue weighted by Crippen LogP contribution is -2.51. The van der Waals surface area contributed by atoms with Gasteiger partial charge in [0.05, 0.1) is 0 Å². The van der Waals surface area contributed by atoms with Gasteiger partial charge in [-0.25, -0.2) is 4.98 Å². The summed E-state index contributed by atoms with van der Waals surface area (Å²) in [6.07, 6.45) is 6.29. The normalized spacial score (nSPS) is 21.9. The van der Waals surface area contributed by atoms with E-state index in [0.717, 1.165) is 69.6 Å². The number of carbonyl (C=O) groups is 2. The fourth-order valence-electron chi connectivity index (χ4n) is 4.53. The summed E-state index contributed by atoms with van der Waals surface area (Å²) < 4.78 is 0. The van der Waals surface area contributed by atoms with Gasteiger partial charge in [0.1, 0.15) is 11.6 Å². The zero-order valence-electron chi connectivity index (χ0n) is 16.9. The summed E-state index contributed by atoms with van der Waals surface area (Å²) in [5.41, 5.74) is 0.996. The molecule has 3 fully saturated rings. The minimum absolute atomic E-state index is 0.0382. The Bertz CT molecular complexity index is 714. The van der Waals surface area contributed by atoms with Crippen molar-refractivity contribution < 1.29 is 9.59 Å². The quantitative estimate of drug-likeness (QED) is 0.794. The van der Waals surface area contributed by atoms with E-state index in [1.807, 2.05) is 11.8 Å². The number of ketones is 1. The van der Waals surface area contributed by atoms with Crippen molar-refractivity contribution in [3.05, 3.63) is 11.8 Å². The fraction of sp³-hybridized carbons (Fsp3) is 0.714. The number of aryl methyl sites for hydroxylation is 1. The Kier molecular flexibility index (Phi) is 5.78. The highest BCUT2D eigenvalue weighted by Gasteiger charge is 2.30. The van der Waals surface area contributed by atoms with Crippen molar-refractivity contribution in [3.63, 3.8) is 0 Å². The van der Waals surface area contributed by atoms with Crippen molar-refractivity contribution in [2.75, 3.05) is 49.1 Å². The van der Waals surface area contributed by atoms with Gasteiger partial charge in [-0.05, 0) is 39.0 Å². The topological polar surface area (TPSA) is 69.6 Å². The molecule has 1 aliphatic carbocycles. The Morgan fingerprint density at radius 2 is 1.61 bits per heavy atom. The van der Waals surface area contributed by atoms with E-state index in [1.165, 1.54) is 19.3 Å². The number of rotatable bonds is 3. The first kappa shape index (κ1) is 19.2. The zero-order chi connectivity index (χ0) is 19.5. The number of carbonyl (C=O) groups excluding carboxylic acids is 2. The first-order valence-corrected chi connectivity index (χ1v) is 10.8. The Labute approximate surface area is 167 Å². The summed E-state index contributed by atoms with van der Waals surface area (Å²) in [6.45, 7) is 7.16. The van der Waals surface area contributed by atoms with E-state index >= 15 is 0 Å². The average molecular weight is 386 g/mol. The molecular formula is C21H31N5O2. The van der Waals surface area contributed by atoms with Crippen LogP contribution in [0.15, 0.2) is 6.07 Å². The van der Waals surface area contributed by atoms with Crippen molar-refractivity contribution in [2.45, 2.75) is 51.9 Å². The molecule has 0 spiro atoms. The van der Waals surface area contributed by atoms with Crippen LogP contribution in [0.2, 0.25) is 0 Å². The molecule has 28 heavy (non-hydrogen) atoms.